The van der Waals surface area contributed by atoms with Gasteiger partial charge >= 0.3 is 5.97 Å². The molecule has 1 fully saturated rings. The fourth-order valence-corrected chi connectivity index (χ4v) is 4.16. The average Bonchev–Trinajstić information content (AvgIpc) is 3.07. The Labute approximate surface area is 127 Å². The molecule has 2 N–H and O–H groups in total. The van der Waals surface area contributed by atoms with Crippen LogP contribution in [-0.4, -0.2) is 27.1 Å². The van der Waals surface area contributed by atoms with Crippen LogP contribution in [0.15, 0.2) is 6.33 Å². The molecule has 21 heavy (non-hydrogen) atoms. The van der Waals surface area contributed by atoms with E-state index in [0.717, 1.165) is 21.6 Å². The summed E-state index contributed by atoms with van der Waals surface area (Å²) in [6.45, 7) is 4.01. The summed E-state index contributed by atoms with van der Waals surface area (Å²) < 4.78 is 0. The van der Waals surface area contributed by atoms with Crippen molar-refractivity contribution in [3.8, 4) is 0 Å². The van der Waals surface area contributed by atoms with E-state index >= 15 is 0 Å². The molecule has 6 heteroatoms. The molecule has 2 aromatic rings. The Kier molecular flexibility index (Phi) is 3.80. The van der Waals surface area contributed by atoms with Crippen LogP contribution in [0.3, 0.4) is 0 Å². The zero-order valence-electron chi connectivity index (χ0n) is 12.2. The zero-order valence-corrected chi connectivity index (χ0v) is 13.0. The van der Waals surface area contributed by atoms with Crippen molar-refractivity contribution >= 4 is 33.3 Å². The molecule has 5 nitrogen and oxygen atoms in total. The topological polar surface area (TPSA) is 75.1 Å². The number of rotatable bonds is 4. The van der Waals surface area contributed by atoms with Gasteiger partial charge in [0.1, 0.15) is 21.9 Å². The van der Waals surface area contributed by atoms with Crippen LogP contribution in [-0.2, 0) is 0 Å². The van der Waals surface area contributed by atoms with Gasteiger partial charge in [-0.2, -0.15) is 0 Å². The van der Waals surface area contributed by atoms with Crippen LogP contribution in [0.5, 0.6) is 0 Å². The molecule has 1 saturated carbocycles. The van der Waals surface area contributed by atoms with Crippen LogP contribution in [0.1, 0.15) is 47.8 Å². The van der Waals surface area contributed by atoms with Crippen molar-refractivity contribution < 1.29 is 9.90 Å². The van der Waals surface area contributed by atoms with Gasteiger partial charge in [0.15, 0.2) is 0 Å². The SMILES string of the molecule is Cc1c(C(=O)O)sc2ncnc(NC(C)C3CCCC3)c12. The van der Waals surface area contributed by atoms with Gasteiger partial charge in [0.05, 0.1) is 5.39 Å². The molecule has 0 radical (unpaired) electrons. The number of hydrogen-bond donors (Lipinski definition) is 2. The standard InChI is InChI=1S/C15H19N3O2S/c1-8-11-13(18-9(2)10-5-3-4-6-10)16-7-17-14(11)21-12(8)15(19)20/h7,9-10H,3-6H2,1-2H3,(H,19,20)(H,16,17,18). The highest BCUT2D eigenvalue weighted by Gasteiger charge is 2.24. The first-order valence-electron chi connectivity index (χ1n) is 7.32. The number of nitrogens with zero attached hydrogens (tertiary/aromatic N) is 2. The molecule has 0 bridgehead atoms. The van der Waals surface area contributed by atoms with E-state index in [1.807, 2.05) is 6.92 Å². The maximum absolute atomic E-state index is 11.3. The Balaban J connectivity index is 1.96. The molecule has 1 aliphatic rings. The van der Waals surface area contributed by atoms with Crippen molar-refractivity contribution in [3.63, 3.8) is 0 Å². The van der Waals surface area contributed by atoms with E-state index in [-0.39, 0.29) is 0 Å². The third-order valence-electron chi connectivity index (χ3n) is 4.39. The van der Waals surface area contributed by atoms with Crippen LogP contribution >= 0.6 is 11.3 Å². The number of hydrogen-bond acceptors (Lipinski definition) is 5. The smallest absolute Gasteiger partial charge is 0.346 e. The highest BCUT2D eigenvalue weighted by atomic mass is 32.1. The highest BCUT2D eigenvalue weighted by molar-refractivity contribution is 7.20. The molecule has 0 spiro atoms. The number of carboxylic acid groups (broad SMARTS) is 1. The second kappa shape index (κ2) is 5.60. The first-order valence-corrected chi connectivity index (χ1v) is 8.13. The molecule has 3 rings (SSSR count). The van der Waals surface area contributed by atoms with Crippen LogP contribution in [0.2, 0.25) is 0 Å². The number of aryl methyl sites for hydroxylation is 1. The summed E-state index contributed by atoms with van der Waals surface area (Å²) in [6, 6.07) is 0.346. The van der Waals surface area contributed by atoms with Crippen molar-refractivity contribution in [1.29, 1.82) is 0 Å². The van der Waals surface area contributed by atoms with E-state index in [2.05, 4.69) is 22.2 Å². The summed E-state index contributed by atoms with van der Waals surface area (Å²) >= 11 is 1.21. The molecule has 2 aromatic heterocycles. The molecule has 1 aliphatic carbocycles. The Morgan fingerprint density at radius 1 is 1.43 bits per heavy atom. The number of aromatic carboxylic acids is 1. The van der Waals surface area contributed by atoms with Gasteiger partial charge < -0.3 is 10.4 Å². The summed E-state index contributed by atoms with van der Waals surface area (Å²) in [4.78, 5) is 20.9. The first-order chi connectivity index (χ1) is 10.1. The predicted octanol–water partition coefficient (Wildman–Crippen LogP) is 3.69. The number of carbonyl (C=O) groups is 1. The van der Waals surface area contributed by atoms with E-state index in [9.17, 15) is 9.90 Å². The van der Waals surface area contributed by atoms with Gasteiger partial charge in [0.2, 0.25) is 0 Å². The fourth-order valence-electron chi connectivity index (χ4n) is 3.18. The minimum Gasteiger partial charge on any atom is -0.477 e. The van der Waals surface area contributed by atoms with Gasteiger partial charge in [-0.1, -0.05) is 12.8 Å². The monoisotopic (exact) mass is 305 g/mol. The van der Waals surface area contributed by atoms with Crippen molar-refractivity contribution in [2.45, 2.75) is 45.6 Å². The summed E-state index contributed by atoms with van der Waals surface area (Å²) in [7, 11) is 0. The number of anilines is 1. The molecular weight excluding hydrogens is 286 g/mol. The Bertz CT molecular complexity index is 677. The molecular formula is C15H19N3O2S. The second-order valence-corrected chi connectivity index (χ2v) is 6.74. The zero-order chi connectivity index (χ0) is 15.0. The highest BCUT2D eigenvalue weighted by Crippen LogP contribution is 2.35. The lowest BCUT2D eigenvalue weighted by Crippen LogP contribution is -2.24. The normalized spacial score (nSPS) is 17.2. The lowest BCUT2D eigenvalue weighted by Gasteiger charge is -2.21. The Morgan fingerprint density at radius 2 is 2.14 bits per heavy atom. The lowest BCUT2D eigenvalue weighted by atomic mass is 10.00. The van der Waals surface area contributed by atoms with Crippen LogP contribution in [0.25, 0.3) is 10.2 Å². The van der Waals surface area contributed by atoms with Gasteiger partial charge in [-0.05, 0) is 38.2 Å². The molecule has 112 valence electrons. The van der Waals surface area contributed by atoms with Crippen molar-refractivity contribution in [1.82, 2.24) is 9.97 Å². The molecule has 2 heterocycles. The third kappa shape index (κ3) is 2.60. The van der Waals surface area contributed by atoms with E-state index in [1.165, 1.54) is 43.3 Å². The van der Waals surface area contributed by atoms with Crippen LogP contribution in [0, 0.1) is 12.8 Å². The van der Waals surface area contributed by atoms with Gasteiger partial charge in [-0.25, -0.2) is 14.8 Å². The molecule has 0 amide bonds. The quantitative estimate of drug-likeness (QED) is 0.901. The molecule has 1 atom stereocenters. The minimum absolute atomic E-state index is 0.346. The van der Waals surface area contributed by atoms with Gasteiger partial charge in [0.25, 0.3) is 0 Å². The van der Waals surface area contributed by atoms with Crippen LogP contribution < -0.4 is 5.32 Å². The van der Waals surface area contributed by atoms with E-state index in [0.29, 0.717) is 16.8 Å². The summed E-state index contributed by atoms with van der Waals surface area (Å²) in [5.74, 6) is 0.541. The van der Waals surface area contributed by atoms with E-state index < -0.39 is 5.97 Å². The summed E-state index contributed by atoms with van der Waals surface area (Å²) in [5, 5.41) is 13.6. The van der Waals surface area contributed by atoms with Crippen molar-refractivity contribution in [2.75, 3.05) is 5.32 Å². The number of nitrogens with one attached hydrogen (secondary N) is 1. The van der Waals surface area contributed by atoms with E-state index in [1.54, 1.807) is 0 Å². The van der Waals surface area contributed by atoms with Gasteiger partial charge in [0, 0.05) is 6.04 Å². The number of carboxylic acids is 1. The second-order valence-electron chi connectivity index (χ2n) is 5.74. The van der Waals surface area contributed by atoms with Gasteiger partial charge in [-0.15, -0.1) is 11.3 Å². The molecule has 0 aromatic carbocycles. The molecule has 0 saturated heterocycles. The Morgan fingerprint density at radius 3 is 2.81 bits per heavy atom. The predicted molar refractivity (Wildman–Crippen MR) is 84.2 cm³/mol. The molecule has 0 aliphatic heterocycles. The van der Waals surface area contributed by atoms with Crippen LogP contribution in [0.4, 0.5) is 5.82 Å². The molecule has 1 unspecified atom stereocenters. The number of aromatic nitrogens is 2. The third-order valence-corrected chi connectivity index (χ3v) is 5.58. The number of thiophene rings is 1. The van der Waals surface area contributed by atoms with Crippen molar-refractivity contribution in [2.24, 2.45) is 5.92 Å². The summed E-state index contributed by atoms with van der Waals surface area (Å²) in [6.07, 6.45) is 6.62. The van der Waals surface area contributed by atoms with E-state index in [4.69, 9.17) is 0 Å². The first kappa shape index (κ1) is 14.3. The summed E-state index contributed by atoms with van der Waals surface area (Å²) in [5.41, 5.74) is 0.754. The maximum atomic E-state index is 11.3. The minimum atomic E-state index is -0.898. The Hall–Kier alpha value is -1.69. The maximum Gasteiger partial charge on any atom is 0.346 e. The van der Waals surface area contributed by atoms with Gasteiger partial charge in [-0.3, -0.25) is 0 Å². The number of fused-ring (bicyclic) bond motifs is 1. The average molecular weight is 305 g/mol. The van der Waals surface area contributed by atoms with Crippen molar-refractivity contribution in [3.05, 3.63) is 16.8 Å². The largest absolute Gasteiger partial charge is 0.477 e. The lowest BCUT2D eigenvalue weighted by molar-refractivity contribution is 0.0701. The fraction of sp³-hybridized carbons (Fsp3) is 0.533.